The van der Waals surface area contributed by atoms with Crippen molar-refractivity contribution in [1.82, 2.24) is 4.90 Å². The van der Waals surface area contributed by atoms with Crippen molar-refractivity contribution in [2.75, 3.05) is 25.0 Å². The van der Waals surface area contributed by atoms with E-state index in [1.54, 1.807) is 0 Å². The van der Waals surface area contributed by atoms with Gasteiger partial charge in [0.25, 0.3) is 5.91 Å². The van der Waals surface area contributed by atoms with Gasteiger partial charge in [0.05, 0.1) is 0 Å². The first-order chi connectivity index (χ1) is 12.8. The van der Waals surface area contributed by atoms with Crippen molar-refractivity contribution >= 4 is 11.6 Å². The molecule has 0 aromatic heterocycles. The number of carbonyl (C=O) groups excluding carboxylic acids is 1. The number of benzene rings is 2. The molecule has 1 fully saturated rings. The summed E-state index contributed by atoms with van der Waals surface area (Å²) in [6.07, 6.45) is 5.79. The van der Waals surface area contributed by atoms with Crippen molar-refractivity contribution in [2.45, 2.75) is 38.6 Å². The molecule has 0 atom stereocenters. The van der Waals surface area contributed by atoms with Gasteiger partial charge >= 0.3 is 0 Å². The Hall–Kier alpha value is -2.17. The number of rotatable bonds is 6. The van der Waals surface area contributed by atoms with Crippen molar-refractivity contribution in [3.8, 4) is 0 Å². The van der Waals surface area contributed by atoms with Crippen LogP contribution in [0.1, 0.15) is 47.2 Å². The molecular weight excluding hydrogens is 324 g/mol. The highest BCUT2D eigenvalue weighted by molar-refractivity contribution is 6.04. The minimum absolute atomic E-state index is 0.0675. The molecule has 4 nitrogen and oxygen atoms in total. The number of aliphatic hydroxyl groups is 1. The van der Waals surface area contributed by atoms with Crippen LogP contribution in [0.5, 0.6) is 0 Å². The van der Waals surface area contributed by atoms with Crippen LogP contribution in [-0.2, 0) is 13.0 Å². The van der Waals surface area contributed by atoms with Gasteiger partial charge in [0.1, 0.15) is 0 Å². The maximum atomic E-state index is 12.5. The van der Waals surface area contributed by atoms with Gasteiger partial charge in [-0.15, -0.1) is 0 Å². The van der Waals surface area contributed by atoms with E-state index in [1.807, 2.05) is 36.4 Å². The summed E-state index contributed by atoms with van der Waals surface area (Å²) in [4.78, 5) is 15.0. The first kappa shape index (κ1) is 18.6. The molecule has 1 saturated heterocycles. The molecule has 1 heterocycles. The van der Waals surface area contributed by atoms with E-state index >= 15 is 0 Å². The van der Waals surface area contributed by atoms with Crippen LogP contribution in [0.2, 0.25) is 0 Å². The molecule has 0 saturated carbocycles. The fourth-order valence-electron chi connectivity index (χ4n) is 3.49. The summed E-state index contributed by atoms with van der Waals surface area (Å²) in [5, 5.41) is 12.1. The molecule has 3 rings (SSSR count). The second kappa shape index (κ2) is 9.51. The van der Waals surface area contributed by atoms with E-state index in [9.17, 15) is 4.79 Å². The highest BCUT2D eigenvalue weighted by Gasteiger charge is 2.11. The highest BCUT2D eigenvalue weighted by atomic mass is 16.3. The molecule has 1 aliphatic heterocycles. The third-order valence-corrected chi connectivity index (χ3v) is 4.97. The lowest BCUT2D eigenvalue weighted by molar-refractivity contribution is 0.102. The van der Waals surface area contributed by atoms with Gasteiger partial charge in [0.15, 0.2) is 0 Å². The summed E-state index contributed by atoms with van der Waals surface area (Å²) in [6, 6.07) is 15.5. The number of para-hydroxylation sites is 1. The smallest absolute Gasteiger partial charge is 0.255 e. The average Bonchev–Trinajstić information content (AvgIpc) is 2.93. The van der Waals surface area contributed by atoms with Gasteiger partial charge in [-0.2, -0.15) is 0 Å². The fraction of sp³-hybridized carbons (Fsp3) is 0.409. The summed E-state index contributed by atoms with van der Waals surface area (Å²) in [5.74, 6) is -0.114. The molecule has 0 spiro atoms. The van der Waals surface area contributed by atoms with Gasteiger partial charge in [-0.1, -0.05) is 43.2 Å². The van der Waals surface area contributed by atoms with Gasteiger partial charge in [-0.05, 0) is 61.7 Å². The van der Waals surface area contributed by atoms with Crippen LogP contribution in [-0.4, -0.2) is 35.6 Å². The number of aliphatic hydroxyl groups excluding tert-OH is 1. The lowest BCUT2D eigenvalue weighted by Crippen LogP contribution is -2.24. The predicted octanol–water partition coefficient (Wildman–Crippen LogP) is 3.85. The van der Waals surface area contributed by atoms with Crippen LogP contribution in [0.4, 0.5) is 5.69 Å². The number of nitrogens with zero attached hydrogens (tertiary/aromatic N) is 1. The summed E-state index contributed by atoms with van der Waals surface area (Å²) in [6.45, 7) is 3.37. The number of likely N-dealkylation sites (tertiary alicyclic amines) is 1. The van der Waals surface area contributed by atoms with Crippen LogP contribution in [0, 0.1) is 0 Å². The van der Waals surface area contributed by atoms with Gasteiger partial charge in [0.2, 0.25) is 0 Å². The van der Waals surface area contributed by atoms with Gasteiger partial charge in [-0.3, -0.25) is 9.69 Å². The molecule has 2 aromatic rings. The third-order valence-electron chi connectivity index (χ3n) is 4.97. The lowest BCUT2D eigenvalue weighted by Gasteiger charge is -2.19. The fourth-order valence-corrected chi connectivity index (χ4v) is 3.49. The Morgan fingerprint density at radius 1 is 0.962 bits per heavy atom. The van der Waals surface area contributed by atoms with Crippen LogP contribution in [0.3, 0.4) is 0 Å². The molecule has 1 amide bonds. The Balaban J connectivity index is 1.62. The number of hydrogen-bond donors (Lipinski definition) is 2. The average molecular weight is 352 g/mol. The Morgan fingerprint density at radius 3 is 2.35 bits per heavy atom. The first-order valence-corrected chi connectivity index (χ1v) is 9.57. The maximum Gasteiger partial charge on any atom is 0.255 e. The normalized spacial score (nSPS) is 15.4. The van der Waals surface area contributed by atoms with E-state index in [0.29, 0.717) is 12.0 Å². The Bertz CT molecular complexity index is 704. The summed E-state index contributed by atoms with van der Waals surface area (Å²) in [5.41, 5.74) is 3.62. The highest BCUT2D eigenvalue weighted by Crippen LogP contribution is 2.18. The molecular formula is C22H28N2O2. The molecule has 0 unspecified atom stereocenters. The number of nitrogens with one attached hydrogen (secondary N) is 1. The monoisotopic (exact) mass is 352 g/mol. The van der Waals surface area contributed by atoms with Crippen molar-refractivity contribution in [1.29, 1.82) is 0 Å². The van der Waals surface area contributed by atoms with Gasteiger partial charge < -0.3 is 10.4 Å². The zero-order chi connectivity index (χ0) is 18.2. The SMILES string of the molecule is O=C(Nc1ccccc1CCO)c1ccc(CN2CCCCCC2)cc1. The summed E-state index contributed by atoms with van der Waals surface area (Å²) >= 11 is 0. The Morgan fingerprint density at radius 2 is 1.65 bits per heavy atom. The third kappa shape index (κ3) is 5.16. The minimum atomic E-state index is -0.114. The molecule has 0 radical (unpaired) electrons. The van der Waals surface area contributed by atoms with E-state index in [-0.39, 0.29) is 12.5 Å². The molecule has 4 heteroatoms. The molecule has 2 aromatic carbocycles. The number of anilines is 1. The van der Waals surface area contributed by atoms with Crippen molar-refractivity contribution in [3.63, 3.8) is 0 Å². The number of hydrogen-bond acceptors (Lipinski definition) is 3. The van der Waals surface area contributed by atoms with E-state index < -0.39 is 0 Å². The second-order valence-corrected chi connectivity index (χ2v) is 6.97. The lowest BCUT2D eigenvalue weighted by atomic mass is 10.1. The number of carbonyl (C=O) groups is 1. The molecule has 1 aliphatic rings. The maximum absolute atomic E-state index is 12.5. The van der Waals surface area contributed by atoms with E-state index in [1.165, 1.54) is 44.3 Å². The van der Waals surface area contributed by atoms with E-state index in [0.717, 1.165) is 17.8 Å². The van der Waals surface area contributed by atoms with Crippen molar-refractivity contribution < 1.29 is 9.90 Å². The quantitative estimate of drug-likeness (QED) is 0.830. The van der Waals surface area contributed by atoms with Crippen molar-refractivity contribution in [2.24, 2.45) is 0 Å². The zero-order valence-electron chi connectivity index (χ0n) is 15.3. The number of amides is 1. The van der Waals surface area contributed by atoms with E-state index in [4.69, 9.17) is 5.11 Å². The molecule has 2 N–H and O–H groups in total. The van der Waals surface area contributed by atoms with Crippen molar-refractivity contribution in [3.05, 3.63) is 65.2 Å². The zero-order valence-corrected chi connectivity index (χ0v) is 15.3. The van der Waals surface area contributed by atoms with Gasteiger partial charge in [-0.25, -0.2) is 0 Å². The summed E-state index contributed by atoms with van der Waals surface area (Å²) in [7, 11) is 0. The standard InChI is InChI=1S/C22H28N2O2/c25-16-13-19-7-3-4-8-21(19)23-22(26)20-11-9-18(10-12-20)17-24-14-5-1-2-6-15-24/h3-4,7-12,25H,1-2,5-6,13-17H2,(H,23,26). The van der Waals surface area contributed by atoms with Gasteiger partial charge in [0, 0.05) is 24.4 Å². The minimum Gasteiger partial charge on any atom is -0.396 e. The molecule has 26 heavy (non-hydrogen) atoms. The molecule has 0 aliphatic carbocycles. The summed E-state index contributed by atoms with van der Waals surface area (Å²) < 4.78 is 0. The first-order valence-electron chi connectivity index (χ1n) is 9.57. The molecule has 138 valence electrons. The topological polar surface area (TPSA) is 52.6 Å². The molecule has 0 bridgehead atoms. The predicted molar refractivity (Wildman–Crippen MR) is 105 cm³/mol. The van der Waals surface area contributed by atoms with E-state index in [2.05, 4.69) is 22.3 Å². The Kier molecular flexibility index (Phi) is 6.81. The second-order valence-electron chi connectivity index (χ2n) is 6.97. The largest absolute Gasteiger partial charge is 0.396 e. The van der Waals surface area contributed by atoms with Crippen LogP contribution >= 0.6 is 0 Å². The van der Waals surface area contributed by atoms with Crippen LogP contribution in [0.25, 0.3) is 0 Å². The van der Waals surface area contributed by atoms with Crippen LogP contribution in [0.15, 0.2) is 48.5 Å². The Labute approximate surface area is 155 Å². The van der Waals surface area contributed by atoms with Crippen LogP contribution < -0.4 is 5.32 Å².